The highest BCUT2D eigenvalue weighted by Gasteiger charge is 2.23. The van der Waals surface area contributed by atoms with E-state index in [1.54, 1.807) is 4.90 Å². The molecule has 3 heterocycles. The Balaban J connectivity index is 1.64. The Morgan fingerprint density at radius 3 is 2.30 bits per heavy atom. The van der Waals surface area contributed by atoms with Crippen LogP contribution in [0.3, 0.4) is 0 Å². The third-order valence-corrected chi connectivity index (χ3v) is 5.53. The van der Waals surface area contributed by atoms with Crippen LogP contribution in [0.25, 0.3) is 11.4 Å². The second-order valence-corrected chi connectivity index (χ2v) is 7.44. The summed E-state index contributed by atoms with van der Waals surface area (Å²) in [5, 5.41) is 9.50. The summed E-state index contributed by atoms with van der Waals surface area (Å²) in [6, 6.07) is 9.68. The molecule has 2 saturated heterocycles. The molecule has 9 heteroatoms. The maximum absolute atomic E-state index is 11.9. The van der Waals surface area contributed by atoms with Gasteiger partial charge in [0.1, 0.15) is 11.6 Å². The van der Waals surface area contributed by atoms with Gasteiger partial charge < -0.3 is 30.3 Å². The molecule has 2 fully saturated rings. The summed E-state index contributed by atoms with van der Waals surface area (Å²) in [4.78, 5) is 27.7. The lowest BCUT2D eigenvalue weighted by molar-refractivity contribution is -0.129. The van der Waals surface area contributed by atoms with E-state index in [9.17, 15) is 9.90 Å². The molecule has 1 amide bonds. The number of carbonyl (C=O) groups excluding carboxylic acids is 1. The quantitative estimate of drug-likeness (QED) is 0.711. The van der Waals surface area contributed by atoms with Crippen molar-refractivity contribution in [3.05, 3.63) is 35.9 Å². The van der Waals surface area contributed by atoms with Crippen LogP contribution in [-0.2, 0) is 16.1 Å². The molecule has 0 unspecified atom stereocenters. The van der Waals surface area contributed by atoms with Crippen LogP contribution in [0.1, 0.15) is 5.56 Å². The van der Waals surface area contributed by atoms with Crippen molar-refractivity contribution in [2.24, 2.45) is 5.73 Å². The zero-order valence-electron chi connectivity index (χ0n) is 17.0. The minimum atomic E-state index is -0.0268. The Hall–Kier alpha value is -2.75. The highest BCUT2D eigenvalue weighted by Crippen LogP contribution is 2.26. The maximum Gasteiger partial charge on any atom is 0.236 e. The number of nitrogens with two attached hydrogens (primary N) is 1. The zero-order chi connectivity index (χ0) is 20.9. The molecule has 0 bridgehead atoms. The summed E-state index contributed by atoms with van der Waals surface area (Å²) in [5.41, 5.74) is 7.19. The number of amides is 1. The van der Waals surface area contributed by atoms with Crippen molar-refractivity contribution >= 4 is 17.5 Å². The molecule has 4 rings (SSSR count). The lowest BCUT2D eigenvalue weighted by Gasteiger charge is -2.36. The van der Waals surface area contributed by atoms with Gasteiger partial charge in [0.25, 0.3) is 0 Å². The third kappa shape index (κ3) is 4.53. The Labute approximate surface area is 176 Å². The molecule has 2 aliphatic rings. The van der Waals surface area contributed by atoms with Gasteiger partial charge in [-0.25, -0.2) is 9.97 Å². The van der Waals surface area contributed by atoms with Crippen molar-refractivity contribution in [1.29, 1.82) is 0 Å². The highest BCUT2D eigenvalue weighted by atomic mass is 16.5. The van der Waals surface area contributed by atoms with Gasteiger partial charge in [0.2, 0.25) is 5.91 Å². The molecule has 0 atom stereocenters. The Kier molecular flexibility index (Phi) is 6.41. The first-order valence-corrected chi connectivity index (χ1v) is 10.3. The first-order chi connectivity index (χ1) is 14.7. The van der Waals surface area contributed by atoms with Gasteiger partial charge >= 0.3 is 0 Å². The van der Waals surface area contributed by atoms with Crippen LogP contribution in [0, 0.1) is 0 Å². The minimum Gasteiger partial charge on any atom is -0.392 e. The standard InChI is InChI=1S/C21H28N6O3/c22-14-20(29)27-6-4-25(5-7-27)18-13-19(26-8-10-30-11-9-26)24-21(23-18)17-3-1-2-16(12-17)15-28/h1-3,12-13,28H,4-11,14-15,22H2. The number of hydrogen-bond acceptors (Lipinski definition) is 8. The molecule has 2 aliphatic heterocycles. The predicted octanol–water partition coefficient (Wildman–Crippen LogP) is 0.0798. The lowest BCUT2D eigenvalue weighted by atomic mass is 10.1. The molecule has 160 valence electrons. The number of aliphatic hydroxyl groups excluding tert-OH is 1. The third-order valence-electron chi connectivity index (χ3n) is 5.53. The summed E-state index contributed by atoms with van der Waals surface area (Å²) in [6.07, 6.45) is 0. The van der Waals surface area contributed by atoms with E-state index >= 15 is 0 Å². The summed E-state index contributed by atoms with van der Waals surface area (Å²) < 4.78 is 5.49. The van der Waals surface area contributed by atoms with E-state index in [0.29, 0.717) is 45.2 Å². The van der Waals surface area contributed by atoms with Gasteiger partial charge in [-0.1, -0.05) is 18.2 Å². The number of morpholine rings is 1. The molecule has 3 N–H and O–H groups in total. The van der Waals surface area contributed by atoms with Gasteiger partial charge in [0.15, 0.2) is 5.82 Å². The van der Waals surface area contributed by atoms with E-state index in [-0.39, 0.29) is 19.1 Å². The Bertz CT molecular complexity index is 879. The number of benzene rings is 1. The monoisotopic (exact) mass is 412 g/mol. The molecule has 1 aromatic carbocycles. The molecule has 0 saturated carbocycles. The SMILES string of the molecule is NCC(=O)N1CCN(c2cc(N3CCOCC3)nc(-c3cccc(CO)c3)n2)CC1. The predicted molar refractivity (Wildman–Crippen MR) is 114 cm³/mol. The molecular weight excluding hydrogens is 384 g/mol. The molecule has 0 radical (unpaired) electrons. The van der Waals surface area contributed by atoms with Gasteiger partial charge in [0, 0.05) is 50.9 Å². The molecule has 2 aromatic rings. The molecule has 0 aliphatic carbocycles. The van der Waals surface area contributed by atoms with E-state index in [4.69, 9.17) is 20.4 Å². The van der Waals surface area contributed by atoms with Crippen molar-refractivity contribution in [3.8, 4) is 11.4 Å². The van der Waals surface area contributed by atoms with E-state index < -0.39 is 0 Å². The topological polar surface area (TPSA) is 108 Å². The lowest BCUT2D eigenvalue weighted by Crippen LogP contribution is -2.50. The molecule has 30 heavy (non-hydrogen) atoms. The van der Waals surface area contributed by atoms with Gasteiger partial charge in [-0.3, -0.25) is 4.79 Å². The second kappa shape index (κ2) is 9.38. The van der Waals surface area contributed by atoms with Crippen LogP contribution in [0.4, 0.5) is 11.6 Å². The molecule has 9 nitrogen and oxygen atoms in total. The smallest absolute Gasteiger partial charge is 0.236 e. The summed E-state index contributed by atoms with van der Waals surface area (Å²) in [7, 11) is 0. The van der Waals surface area contributed by atoms with E-state index in [0.717, 1.165) is 35.9 Å². The molecular formula is C21H28N6O3. The largest absolute Gasteiger partial charge is 0.392 e. The second-order valence-electron chi connectivity index (χ2n) is 7.44. The number of nitrogens with zero attached hydrogens (tertiary/aromatic N) is 5. The first kappa shape index (κ1) is 20.5. The fraction of sp³-hybridized carbons (Fsp3) is 0.476. The highest BCUT2D eigenvalue weighted by molar-refractivity contribution is 5.78. The zero-order valence-corrected chi connectivity index (χ0v) is 17.0. The normalized spacial score (nSPS) is 17.3. The number of hydrogen-bond donors (Lipinski definition) is 2. The van der Waals surface area contributed by atoms with Crippen molar-refractivity contribution in [2.45, 2.75) is 6.61 Å². The molecule has 1 aromatic heterocycles. The van der Waals surface area contributed by atoms with Crippen molar-refractivity contribution in [3.63, 3.8) is 0 Å². The van der Waals surface area contributed by atoms with Crippen molar-refractivity contribution in [1.82, 2.24) is 14.9 Å². The van der Waals surface area contributed by atoms with Crippen LogP contribution >= 0.6 is 0 Å². The number of ether oxygens (including phenoxy) is 1. The summed E-state index contributed by atoms with van der Waals surface area (Å²) in [5.74, 6) is 2.32. The number of carbonyl (C=O) groups is 1. The van der Waals surface area contributed by atoms with Gasteiger partial charge in [-0.2, -0.15) is 0 Å². The number of aromatic nitrogens is 2. The van der Waals surface area contributed by atoms with Crippen LogP contribution in [-0.4, -0.2) is 84.9 Å². The summed E-state index contributed by atoms with van der Waals surface area (Å²) in [6.45, 7) is 5.58. The van der Waals surface area contributed by atoms with Crippen LogP contribution in [0.5, 0.6) is 0 Å². The van der Waals surface area contributed by atoms with Crippen LogP contribution < -0.4 is 15.5 Å². The fourth-order valence-corrected chi connectivity index (χ4v) is 3.79. The van der Waals surface area contributed by atoms with Crippen LogP contribution in [0.15, 0.2) is 30.3 Å². The Morgan fingerprint density at radius 2 is 1.67 bits per heavy atom. The minimum absolute atomic E-state index is 0.0205. The van der Waals surface area contributed by atoms with Gasteiger partial charge in [0.05, 0.1) is 26.4 Å². The van der Waals surface area contributed by atoms with Crippen LogP contribution in [0.2, 0.25) is 0 Å². The average molecular weight is 412 g/mol. The van der Waals surface area contributed by atoms with E-state index in [2.05, 4.69) is 9.80 Å². The average Bonchev–Trinajstić information content (AvgIpc) is 2.84. The van der Waals surface area contributed by atoms with E-state index in [1.165, 1.54) is 0 Å². The number of piperazine rings is 1. The maximum atomic E-state index is 11.9. The fourth-order valence-electron chi connectivity index (χ4n) is 3.79. The number of aliphatic hydroxyl groups is 1. The summed E-state index contributed by atoms with van der Waals surface area (Å²) >= 11 is 0. The van der Waals surface area contributed by atoms with Gasteiger partial charge in [-0.15, -0.1) is 0 Å². The van der Waals surface area contributed by atoms with E-state index in [1.807, 2.05) is 30.3 Å². The van der Waals surface area contributed by atoms with Crippen molar-refractivity contribution < 1.29 is 14.6 Å². The number of anilines is 2. The first-order valence-electron chi connectivity index (χ1n) is 10.3. The Morgan fingerprint density at radius 1 is 1.00 bits per heavy atom. The van der Waals surface area contributed by atoms with Crippen molar-refractivity contribution in [2.75, 3.05) is 68.8 Å². The van der Waals surface area contributed by atoms with Gasteiger partial charge in [-0.05, 0) is 11.6 Å². The number of rotatable bonds is 5. The molecule has 0 spiro atoms.